The van der Waals surface area contributed by atoms with Crippen LogP contribution in [0.2, 0.25) is 10.0 Å². The maximum absolute atomic E-state index is 13.9. The van der Waals surface area contributed by atoms with E-state index < -0.39 is 11.9 Å². The average molecular weight is 436 g/mol. The predicted molar refractivity (Wildman–Crippen MR) is 112 cm³/mol. The zero-order valence-corrected chi connectivity index (χ0v) is 17.2. The quantitative estimate of drug-likeness (QED) is 0.570. The largest absolute Gasteiger partial charge is 0.482 e. The van der Waals surface area contributed by atoms with E-state index in [1.54, 1.807) is 25.4 Å². The Morgan fingerprint density at radius 3 is 2.90 bits per heavy atom. The summed E-state index contributed by atoms with van der Waals surface area (Å²) in [7, 11) is 0. The molecule has 0 saturated carbocycles. The highest BCUT2D eigenvalue weighted by molar-refractivity contribution is 6.36. The van der Waals surface area contributed by atoms with Crippen LogP contribution >= 0.6 is 23.2 Å². The van der Waals surface area contributed by atoms with Crippen LogP contribution in [0.5, 0.6) is 5.75 Å². The molecule has 3 heterocycles. The van der Waals surface area contributed by atoms with Gasteiger partial charge in [-0.05, 0) is 38.1 Å². The molecule has 29 heavy (non-hydrogen) atoms. The van der Waals surface area contributed by atoms with E-state index in [4.69, 9.17) is 33.7 Å². The van der Waals surface area contributed by atoms with Gasteiger partial charge in [0.05, 0.1) is 17.3 Å². The van der Waals surface area contributed by atoms with Crippen molar-refractivity contribution in [3.63, 3.8) is 0 Å². The maximum Gasteiger partial charge on any atom is 0.166 e. The summed E-state index contributed by atoms with van der Waals surface area (Å²) in [5.41, 5.74) is 8.08. The summed E-state index contributed by atoms with van der Waals surface area (Å²) >= 11 is 12.3. The minimum atomic E-state index is -0.627. The molecule has 1 fully saturated rings. The lowest BCUT2D eigenvalue weighted by molar-refractivity contribution is 0.227. The fourth-order valence-electron chi connectivity index (χ4n) is 3.42. The zero-order valence-electron chi connectivity index (χ0n) is 15.7. The van der Waals surface area contributed by atoms with E-state index in [1.807, 2.05) is 10.9 Å². The average Bonchev–Trinajstić information content (AvgIpc) is 3.38. The number of benzene rings is 1. The van der Waals surface area contributed by atoms with Gasteiger partial charge in [0.15, 0.2) is 11.6 Å². The third-order valence-electron chi connectivity index (χ3n) is 5.01. The lowest BCUT2D eigenvalue weighted by Crippen LogP contribution is -2.13. The van der Waals surface area contributed by atoms with E-state index in [2.05, 4.69) is 15.4 Å². The summed E-state index contributed by atoms with van der Waals surface area (Å²) in [6.07, 6.45) is 5.86. The third kappa shape index (κ3) is 4.03. The van der Waals surface area contributed by atoms with E-state index in [1.165, 1.54) is 12.1 Å². The second-order valence-corrected chi connectivity index (χ2v) is 7.77. The van der Waals surface area contributed by atoms with Gasteiger partial charge in [-0.3, -0.25) is 4.68 Å². The van der Waals surface area contributed by atoms with Crippen molar-refractivity contribution < 1.29 is 9.13 Å². The molecule has 152 valence electrons. The first-order valence-electron chi connectivity index (χ1n) is 9.25. The van der Waals surface area contributed by atoms with Crippen LogP contribution in [0.3, 0.4) is 0 Å². The monoisotopic (exact) mass is 435 g/mol. The number of anilines is 1. The van der Waals surface area contributed by atoms with Gasteiger partial charge in [0.2, 0.25) is 0 Å². The molecule has 3 aromatic rings. The summed E-state index contributed by atoms with van der Waals surface area (Å²) in [5.74, 6) is 0.0218. The van der Waals surface area contributed by atoms with Crippen molar-refractivity contribution in [1.29, 1.82) is 0 Å². The molecule has 0 amide bonds. The predicted octanol–water partition coefficient (Wildman–Crippen LogP) is 4.65. The number of nitrogen functional groups attached to an aromatic ring is 1. The fourth-order valence-corrected chi connectivity index (χ4v) is 4.10. The minimum absolute atomic E-state index is 0.0702. The Kier molecular flexibility index (Phi) is 5.63. The van der Waals surface area contributed by atoms with Crippen LogP contribution in [0.15, 0.2) is 36.8 Å². The molecule has 0 unspecified atom stereocenters. The first-order chi connectivity index (χ1) is 13.9. The van der Waals surface area contributed by atoms with Crippen molar-refractivity contribution in [3.05, 3.63) is 58.2 Å². The highest BCUT2D eigenvalue weighted by Crippen LogP contribution is 2.37. The summed E-state index contributed by atoms with van der Waals surface area (Å²) < 4.78 is 21.8. The first-order valence-corrected chi connectivity index (χ1v) is 10.0. The van der Waals surface area contributed by atoms with Gasteiger partial charge >= 0.3 is 0 Å². The Balaban J connectivity index is 1.60. The molecular formula is C20H20Cl2FN5O. The molecule has 1 aromatic carbocycles. The van der Waals surface area contributed by atoms with E-state index in [0.29, 0.717) is 22.4 Å². The molecule has 2 atom stereocenters. The lowest BCUT2D eigenvalue weighted by atomic mass is 10.1. The van der Waals surface area contributed by atoms with Gasteiger partial charge in [0.25, 0.3) is 0 Å². The van der Waals surface area contributed by atoms with Gasteiger partial charge in [0, 0.05) is 40.7 Å². The Labute approximate surface area is 177 Å². The van der Waals surface area contributed by atoms with Gasteiger partial charge in [-0.15, -0.1) is 0 Å². The Morgan fingerprint density at radius 2 is 2.14 bits per heavy atom. The Hall–Kier alpha value is -2.35. The van der Waals surface area contributed by atoms with E-state index in [9.17, 15) is 4.39 Å². The molecule has 6 nitrogen and oxygen atoms in total. The van der Waals surface area contributed by atoms with Crippen molar-refractivity contribution in [2.24, 2.45) is 0 Å². The van der Waals surface area contributed by atoms with Gasteiger partial charge in [-0.25, -0.2) is 9.37 Å². The van der Waals surface area contributed by atoms with E-state index >= 15 is 0 Å². The van der Waals surface area contributed by atoms with Crippen LogP contribution in [0.25, 0.3) is 11.1 Å². The zero-order chi connectivity index (χ0) is 20.5. The number of hydrogen-bond donors (Lipinski definition) is 2. The molecule has 0 bridgehead atoms. The highest BCUT2D eigenvalue weighted by Gasteiger charge is 2.21. The van der Waals surface area contributed by atoms with Crippen LogP contribution in [-0.2, 0) is 0 Å². The molecule has 1 aliphatic heterocycles. The van der Waals surface area contributed by atoms with Crippen molar-refractivity contribution in [3.8, 4) is 16.9 Å². The summed E-state index contributed by atoms with van der Waals surface area (Å²) in [4.78, 5) is 4.23. The molecule has 9 heteroatoms. The minimum Gasteiger partial charge on any atom is -0.482 e. The number of rotatable bonds is 5. The molecule has 0 aliphatic carbocycles. The number of nitrogens with one attached hydrogen (secondary N) is 1. The second-order valence-electron chi connectivity index (χ2n) is 6.98. The maximum atomic E-state index is 13.9. The highest BCUT2D eigenvalue weighted by atomic mass is 35.5. The molecule has 2 aromatic heterocycles. The van der Waals surface area contributed by atoms with Crippen LogP contribution in [0, 0.1) is 5.82 Å². The van der Waals surface area contributed by atoms with Crippen LogP contribution in [0.4, 0.5) is 10.2 Å². The smallest absolute Gasteiger partial charge is 0.166 e. The van der Waals surface area contributed by atoms with Gasteiger partial charge < -0.3 is 15.8 Å². The SMILES string of the molecule is C[C@@H](Oc1cc(-c2cnn([C@H]3CCNC3)c2)cnc1N)c1c(Cl)ccc(F)c1Cl. The van der Waals surface area contributed by atoms with Crippen molar-refractivity contribution in [2.75, 3.05) is 18.8 Å². The molecule has 0 radical (unpaired) electrons. The number of pyridine rings is 1. The van der Waals surface area contributed by atoms with E-state index in [0.717, 1.165) is 30.6 Å². The Morgan fingerprint density at radius 1 is 1.31 bits per heavy atom. The molecule has 4 rings (SSSR count). The normalized spacial score (nSPS) is 17.4. The molecule has 1 saturated heterocycles. The molecular weight excluding hydrogens is 416 g/mol. The van der Waals surface area contributed by atoms with Crippen LogP contribution in [-0.4, -0.2) is 27.9 Å². The number of aromatic nitrogens is 3. The third-order valence-corrected chi connectivity index (χ3v) is 5.73. The molecule has 3 N–H and O–H groups in total. The number of halogens is 3. The van der Waals surface area contributed by atoms with Gasteiger partial charge in [-0.2, -0.15) is 5.10 Å². The fraction of sp³-hybridized carbons (Fsp3) is 0.300. The summed E-state index contributed by atoms with van der Waals surface area (Å²) in [6, 6.07) is 4.80. The van der Waals surface area contributed by atoms with Crippen molar-refractivity contribution in [2.45, 2.75) is 25.5 Å². The first kappa shape index (κ1) is 19.9. The van der Waals surface area contributed by atoms with E-state index in [-0.39, 0.29) is 10.8 Å². The van der Waals surface area contributed by atoms with Crippen LogP contribution in [0.1, 0.15) is 31.1 Å². The van der Waals surface area contributed by atoms with Crippen molar-refractivity contribution >= 4 is 29.0 Å². The summed E-state index contributed by atoms with van der Waals surface area (Å²) in [6.45, 7) is 3.62. The number of hydrogen-bond acceptors (Lipinski definition) is 5. The Bertz CT molecular complexity index is 1040. The lowest BCUT2D eigenvalue weighted by Gasteiger charge is -2.19. The topological polar surface area (TPSA) is 78.0 Å². The van der Waals surface area contributed by atoms with Gasteiger partial charge in [-0.1, -0.05) is 23.2 Å². The van der Waals surface area contributed by atoms with Crippen molar-refractivity contribution in [1.82, 2.24) is 20.1 Å². The second kappa shape index (κ2) is 8.18. The standard InChI is InChI=1S/C20H20Cl2FN5O/c1-11(18-15(21)2-3-16(23)19(18)22)29-17-6-12(7-26-20(17)24)13-8-27-28(10-13)14-4-5-25-9-14/h2-3,6-8,10-11,14,25H,4-5,9H2,1H3,(H2,24,26)/t11-,14+/m1/s1. The number of nitrogens with zero attached hydrogens (tertiary/aromatic N) is 3. The molecule has 1 aliphatic rings. The number of nitrogens with two attached hydrogens (primary N) is 1. The molecule has 0 spiro atoms. The van der Waals surface area contributed by atoms with Crippen LogP contribution < -0.4 is 15.8 Å². The number of ether oxygens (including phenoxy) is 1. The van der Waals surface area contributed by atoms with Gasteiger partial charge in [0.1, 0.15) is 11.9 Å². The summed E-state index contributed by atoms with van der Waals surface area (Å²) in [5, 5.41) is 8.04.